The van der Waals surface area contributed by atoms with E-state index in [2.05, 4.69) is 6.07 Å². The molecule has 1 saturated heterocycles. The zero-order valence-electron chi connectivity index (χ0n) is 10.9. The summed E-state index contributed by atoms with van der Waals surface area (Å²) in [5, 5.41) is 20.2. The van der Waals surface area contributed by atoms with Crippen LogP contribution >= 0.6 is 0 Å². The zero-order valence-corrected chi connectivity index (χ0v) is 10.9. The summed E-state index contributed by atoms with van der Waals surface area (Å²) in [6.07, 6.45) is 0.355. The molecular weight excluding hydrogens is 249 g/mol. The highest BCUT2D eigenvalue weighted by Gasteiger charge is 2.53. The van der Waals surface area contributed by atoms with Crippen molar-refractivity contribution in [2.75, 3.05) is 20.3 Å². The highest BCUT2D eigenvalue weighted by atomic mass is 19.1. The molecule has 1 N–H and O–H groups in total. The van der Waals surface area contributed by atoms with Gasteiger partial charge in [0.25, 0.3) is 0 Å². The molecule has 2 atom stereocenters. The molecule has 2 rings (SSSR count). The van der Waals surface area contributed by atoms with E-state index in [1.54, 1.807) is 6.07 Å². The number of ether oxygens (including phenoxy) is 2. The average Bonchev–Trinajstić information content (AvgIpc) is 2.88. The first-order valence-corrected chi connectivity index (χ1v) is 6.03. The molecule has 0 bridgehead atoms. The number of aliphatic hydroxyl groups is 1. The molecule has 19 heavy (non-hydrogen) atoms. The average molecular weight is 265 g/mol. The van der Waals surface area contributed by atoms with E-state index in [-0.39, 0.29) is 17.9 Å². The fourth-order valence-electron chi connectivity index (χ4n) is 2.53. The van der Waals surface area contributed by atoms with Crippen LogP contribution in [0.2, 0.25) is 0 Å². The number of rotatable bonds is 3. The Balaban J connectivity index is 2.59. The molecule has 1 aromatic rings. The second-order valence-electron chi connectivity index (χ2n) is 4.89. The van der Waals surface area contributed by atoms with Crippen molar-refractivity contribution in [3.63, 3.8) is 0 Å². The molecule has 0 aliphatic carbocycles. The van der Waals surface area contributed by atoms with Crippen molar-refractivity contribution >= 4 is 0 Å². The van der Waals surface area contributed by atoms with Gasteiger partial charge in [-0.2, -0.15) is 5.26 Å². The van der Waals surface area contributed by atoms with Crippen LogP contribution in [0.15, 0.2) is 18.2 Å². The molecule has 1 aliphatic rings. The van der Waals surface area contributed by atoms with Crippen molar-refractivity contribution in [3.8, 4) is 11.8 Å². The Kier molecular flexibility index (Phi) is 3.48. The first kappa shape index (κ1) is 13.8. The van der Waals surface area contributed by atoms with Crippen molar-refractivity contribution in [1.29, 1.82) is 5.26 Å². The van der Waals surface area contributed by atoms with E-state index in [0.717, 1.165) is 0 Å². The van der Waals surface area contributed by atoms with Crippen molar-refractivity contribution < 1.29 is 19.0 Å². The molecule has 1 aliphatic heterocycles. The molecule has 0 aromatic heterocycles. The number of nitriles is 1. The van der Waals surface area contributed by atoms with Crippen molar-refractivity contribution in [2.45, 2.75) is 18.9 Å². The molecule has 0 amide bonds. The third-order valence-electron chi connectivity index (χ3n) is 3.85. The fraction of sp³-hybridized carbons (Fsp3) is 0.500. The first-order chi connectivity index (χ1) is 8.98. The largest absolute Gasteiger partial charge is 0.496 e. The van der Waals surface area contributed by atoms with Crippen LogP contribution in [0.4, 0.5) is 4.39 Å². The lowest BCUT2D eigenvalue weighted by Gasteiger charge is -2.37. The van der Waals surface area contributed by atoms with Crippen LogP contribution < -0.4 is 4.74 Å². The van der Waals surface area contributed by atoms with Gasteiger partial charge in [-0.1, -0.05) is 6.07 Å². The van der Waals surface area contributed by atoms with Crippen molar-refractivity contribution in [1.82, 2.24) is 0 Å². The lowest BCUT2D eigenvalue weighted by Crippen LogP contribution is -2.44. The van der Waals surface area contributed by atoms with E-state index in [1.165, 1.54) is 26.2 Å². The van der Waals surface area contributed by atoms with E-state index in [4.69, 9.17) is 9.47 Å². The van der Waals surface area contributed by atoms with Gasteiger partial charge in [0.15, 0.2) is 0 Å². The third-order valence-corrected chi connectivity index (χ3v) is 3.85. The summed E-state index contributed by atoms with van der Waals surface area (Å²) in [4.78, 5) is 0. The smallest absolute Gasteiger partial charge is 0.133 e. The fourth-order valence-corrected chi connectivity index (χ4v) is 2.53. The second kappa shape index (κ2) is 4.80. The molecule has 4 nitrogen and oxygen atoms in total. The Labute approximate surface area is 111 Å². The molecule has 0 saturated carbocycles. The highest BCUT2D eigenvalue weighted by molar-refractivity contribution is 5.42. The van der Waals surface area contributed by atoms with E-state index < -0.39 is 16.8 Å². The lowest BCUT2D eigenvalue weighted by molar-refractivity contribution is -0.0522. The van der Waals surface area contributed by atoms with Gasteiger partial charge in [-0.3, -0.25) is 0 Å². The number of methoxy groups -OCH3 is 1. The van der Waals surface area contributed by atoms with Gasteiger partial charge in [0.05, 0.1) is 25.3 Å². The summed E-state index contributed by atoms with van der Waals surface area (Å²) < 4.78 is 24.4. The minimum Gasteiger partial charge on any atom is -0.496 e. The van der Waals surface area contributed by atoms with Gasteiger partial charge in [0.2, 0.25) is 0 Å². The van der Waals surface area contributed by atoms with Gasteiger partial charge < -0.3 is 14.6 Å². The molecule has 5 heteroatoms. The van der Waals surface area contributed by atoms with Crippen LogP contribution in [-0.2, 0) is 10.3 Å². The van der Waals surface area contributed by atoms with Crippen LogP contribution in [-0.4, -0.2) is 25.4 Å². The van der Waals surface area contributed by atoms with E-state index in [9.17, 15) is 14.8 Å². The maximum absolute atomic E-state index is 14.1. The first-order valence-electron chi connectivity index (χ1n) is 6.03. The van der Waals surface area contributed by atoms with Crippen molar-refractivity contribution in [2.24, 2.45) is 5.41 Å². The number of hydrogen-bond acceptors (Lipinski definition) is 4. The van der Waals surface area contributed by atoms with Crippen LogP contribution in [0.25, 0.3) is 0 Å². The van der Waals surface area contributed by atoms with Gasteiger partial charge in [0, 0.05) is 6.61 Å². The number of benzene rings is 1. The Morgan fingerprint density at radius 3 is 2.84 bits per heavy atom. The summed E-state index contributed by atoms with van der Waals surface area (Å²) in [6, 6.07) is 6.40. The van der Waals surface area contributed by atoms with Gasteiger partial charge in [-0.15, -0.1) is 0 Å². The topological polar surface area (TPSA) is 62.5 Å². The minimum absolute atomic E-state index is 0.00421. The lowest BCUT2D eigenvalue weighted by atomic mass is 9.69. The SMILES string of the molecule is COc1cccc(F)c1C(C)(O)C1(C#N)CCOC1. The molecule has 2 unspecified atom stereocenters. The molecule has 102 valence electrons. The maximum atomic E-state index is 14.1. The summed E-state index contributed by atoms with van der Waals surface area (Å²) in [5.41, 5.74) is -2.85. The molecule has 0 spiro atoms. The number of nitrogens with zero attached hydrogens (tertiary/aromatic N) is 1. The van der Waals surface area contributed by atoms with Gasteiger partial charge >= 0.3 is 0 Å². The third kappa shape index (κ3) is 1.97. The van der Waals surface area contributed by atoms with Gasteiger partial charge in [-0.05, 0) is 25.5 Å². The molecule has 1 aromatic carbocycles. The quantitative estimate of drug-likeness (QED) is 0.907. The Bertz CT molecular complexity index is 516. The molecule has 0 radical (unpaired) electrons. The predicted octanol–water partition coefficient (Wildman–Crippen LogP) is 1.97. The predicted molar refractivity (Wildman–Crippen MR) is 66.0 cm³/mol. The van der Waals surface area contributed by atoms with Gasteiger partial charge in [-0.25, -0.2) is 4.39 Å². The van der Waals surface area contributed by atoms with Crippen LogP contribution in [0.5, 0.6) is 5.75 Å². The summed E-state index contributed by atoms with van der Waals surface area (Å²) in [7, 11) is 1.40. The van der Waals surface area contributed by atoms with Crippen molar-refractivity contribution in [3.05, 3.63) is 29.6 Å². The Morgan fingerprint density at radius 2 is 2.32 bits per heavy atom. The molecule has 1 heterocycles. The maximum Gasteiger partial charge on any atom is 0.133 e. The summed E-state index contributed by atoms with van der Waals surface area (Å²) >= 11 is 0. The zero-order chi connectivity index (χ0) is 14.1. The minimum atomic E-state index is -1.69. The highest BCUT2D eigenvalue weighted by Crippen LogP contribution is 2.48. The summed E-state index contributed by atoms with van der Waals surface area (Å²) in [5.74, 6) is -0.364. The van der Waals surface area contributed by atoms with Crippen LogP contribution in [0.3, 0.4) is 0 Å². The van der Waals surface area contributed by atoms with Gasteiger partial charge in [0.1, 0.15) is 22.6 Å². The monoisotopic (exact) mass is 265 g/mol. The van der Waals surface area contributed by atoms with E-state index in [1.807, 2.05) is 0 Å². The van der Waals surface area contributed by atoms with E-state index >= 15 is 0 Å². The number of halogens is 1. The van der Waals surface area contributed by atoms with Crippen LogP contribution in [0.1, 0.15) is 18.9 Å². The molecule has 1 fully saturated rings. The van der Waals surface area contributed by atoms with E-state index in [0.29, 0.717) is 13.0 Å². The second-order valence-corrected chi connectivity index (χ2v) is 4.89. The Morgan fingerprint density at radius 1 is 1.58 bits per heavy atom. The summed E-state index contributed by atoms with van der Waals surface area (Å²) in [6.45, 7) is 1.89. The standard InChI is InChI=1S/C14H16FNO3/c1-13(17,14(8-16)6-7-19-9-14)12-10(15)4-3-5-11(12)18-2/h3-5,17H,6-7,9H2,1-2H3. The normalized spacial score (nSPS) is 25.6. The Hall–Kier alpha value is -1.64. The number of hydrogen-bond donors (Lipinski definition) is 1. The van der Waals surface area contributed by atoms with Crippen LogP contribution in [0, 0.1) is 22.6 Å². The molecular formula is C14H16FNO3.